The lowest BCUT2D eigenvalue weighted by Crippen LogP contribution is -2.51. The van der Waals surface area contributed by atoms with Gasteiger partial charge >= 0.3 is 35.8 Å². The molecule has 15 heteroatoms. The molecule has 0 heterocycles. The van der Waals surface area contributed by atoms with Crippen molar-refractivity contribution in [2.75, 3.05) is 52.4 Å². The Morgan fingerprint density at radius 3 is 0.923 bits per heavy atom. The Balaban J connectivity index is 6.55. The van der Waals surface area contributed by atoms with Crippen molar-refractivity contribution >= 4 is 35.8 Å². The van der Waals surface area contributed by atoms with Gasteiger partial charge in [-0.25, -0.2) is 0 Å². The summed E-state index contributed by atoms with van der Waals surface area (Å²) in [6.45, 7) is 24.6. The lowest BCUT2D eigenvalue weighted by molar-refractivity contribution is -0.162. The number of hydrogen-bond donors (Lipinski definition) is 1. The number of carbonyl (C=O) groups excluding carboxylic acids is 5. The van der Waals surface area contributed by atoms with E-state index < -0.39 is 69.9 Å². The molecule has 0 saturated carbocycles. The van der Waals surface area contributed by atoms with Crippen molar-refractivity contribution in [2.24, 2.45) is 0 Å². The predicted octanol–water partition coefficient (Wildman–Crippen LogP) is 3.83. The number of hydrogen-bond acceptors (Lipinski definition) is 14. The molecule has 0 rings (SSSR count). The molecular weight excluding hydrogens is 678 g/mol. The minimum atomic E-state index is -1.22. The van der Waals surface area contributed by atoms with E-state index in [1.54, 1.807) is 109 Å². The summed E-state index contributed by atoms with van der Waals surface area (Å²) in [5.41, 5.74) is -3.93. The lowest BCUT2D eigenvalue weighted by atomic mass is 10.1. The second-order valence-electron chi connectivity index (χ2n) is 17.8. The molecule has 1 atom stereocenters. The molecule has 0 aliphatic heterocycles. The van der Waals surface area contributed by atoms with Crippen LogP contribution in [0.3, 0.4) is 0 Å². The molecule has 0 saturated heterocycles. The number of nitrogens with zero attached hydrogens (tertiary/aromatic N) is 3. The van der Waals surface area contributed by atoms with Gasteiger partial charge in [-0.1, -0.05) is 0 Å². The highest BCUT2D eigenvalue weighted by Gasteiger charge is 2.31. The predicted molar refractivity (Wildman–Crippen MR) is 194 cm³/mol. The van der Waals surface area contributed by atoms with E-state index >= 15 is 0 Å². The maximum absolute atomic E-state index is 12.9. The number of rotatable bonds is 19. The zero-order valence-corrected chi connectivity index (χ0v) is 34.4. The average Bonchev–Trinajstić information content (AvgIpc) is 2.83. The second kappa shape index (κ2) is 20.2. The van der Waals surface area contributed by atoms with Gasteiger partial charge in [0.25, 0.3) is 0 Å². The maximum Gasteiger partial charge on any atom is 0.320 e. The van der Waals surface area contributed by atoms with Crippen molar-refractivity contribution in [1.82, 2.24) is 14.7 Å². The quantitative estimate of drug-likeness (QED) is 0.149. The maximum atomic E-state index is 12.9. The van der Waals surface area contributed by atoms with E-state index in [9.17, 15) is 33.9 Å². The fourth-order valence-electron chi connectivity index (χ4n) is 4.73. The Bertz CT molecular complexity index is 1070. The van der Waals surface area contributed by atoms with Crippen molar-refractivity contribution in [1.29, 1.82) is 0 Å². The molecule has 0 fully saturated rings. The Kier molecular flexibility index (Phi) is 19.0. The fraction of sp³-hybridized carbons (Fsp3) is 0.838. The molecule has 0 radical (unpaired) electrons. The summed E-state index contributed by atoms with van der Waals surface area (Å²) in [4.78, 5) is 81.4. The minimum Gasteiger partial charge on any atom is -0.480 e. The summed E-state index contributed by atoms with van der Waals surface area (Å²) in [7, 11) is 0. The van der Waals surface area contributed by atoms with Crippen molar-refractivity contribution < 1.29 is 57.6 Å². The van der Waals surface area contributed by atoms with Crippen LogP contribution >= 0.6 is 0 Å². The smallest absolute Gasteiger partial charge is 0.320 e. The summed E-state index contributed by atoms with van der Waals surface area (Å²) in [5, 5.41) is 10.4. The van der Waals surface area contributed by atoms with Gasteiger partial charge in [-0.15, -0.1) is 0 Å². The Morgan fingerprint density at radius 2 is 0.692 bits per heavy atom. The van der Waals surface area contributed by atoms with Crippen molar-refractivity contribution in [3.63, 3.8) is 0 Å². The van der Waals surface area contributed by atoms with Gasteiger partial charge in [-0.2, -0.15) is 0 Å². The highest BCUT2D eigenvalue weighted by Crippen LogP contribution is 2.16. The first-order chi connectivity index (χ1) is 23.2. The first-order valence-corrected chi connectivity index (χ1v) is 17.7. The molecule has 0 aromatic rings. The van der Waals surface area contributed by atoms with E-state index in [1.807, 2.05) is 0 Å². The first-order valence-electron chi connectivity index (χ1n) is 17.7. The molecule has 0 aliphatic rings. The van der Waals surface area contributed by atoms with Crippen LogP contribution in [0.5, 0.6) is 0 Å². The van der Waals surface area contributed by atoms with Crippen LogP contribution in [-0.4, -0.2) is 142 Å². The summed E-state index contributed by atoms with van der Waals surface area (Å²) in [6.07, 6.45) is -0.329. The van der Waals surface area contributed by atoms with Gasteiger partial charge < -0.3 is 28.8 Å². The third kappa shape index (κ3) is 26.5. The first kappa shape index (κ1) is 48.7. The molecule has 52 heavy (non-hydrogen) atoms. The number of esters is 5. The Labute approximate surface area is 310 Å². The van der Waals surface area contributed by atoms with E-state index in [2.05, 4.69) is 0 Å². The van der Waals surface area contributed by atoms with Gasteiger partial charge in [0, 0.05) is 32.6 Å². The largest absolute Gasteiger partial charge is 0.480 e. The average molecular weight is 746 g/mol. The molecule has 0 unspecified atom stereocenters. The van der Waals surface area contributed by atoms with Crippen LogP contribution in [0.2, 0.25) is 0 Å². The lowest BCUT2D eigenvalue weighted by Gasteiger charge is -2.34. The Morgan fingerprint density at radius 1 is 0.442 bits per heavy atom. The van der Waals surface area contributed by atoms with E-state index in [0.717, 1.165) is 0 Å². The summed E-state index contributed by atoms with van der Waals surface area (Å²) in [5.74, 6) is -4.18. The number of carboxylic acids is 1. The third-order valence-corrected chi connectivity index (χ3v) is 6.27. The third-order valence-electron chi connectivity index (χ3n) is 6.27. The summed E-state index contributed by atoms with van der Waals surface area (Å²) < 4.78 is 27.3. The SMILES string of the molecule is CC(C)(C)OC(=O)CC[C@@H](C(=O)O)N(CCN(CC(=O)OC(C)(C)C)CC(=O)OC(C)(C)C)CCN(CC(=O)OC(C)(C)C)CC(=O)OC(C)(C)C. The van der Waals surface area contributed by atoms with E-state index in [0.29, 0.717) is 0 Å². The van der Waals surface area contributed by atoms with Crippen molar-refractivity contribution in [3.05, 3.63) is 0 Å². The number of ether oxygens (including phenoxy) is 5. The van der Waals surface area contributed by atoms with Crippen LogP contribution in [0.4, 0.5) is 0 Å². The second-order valence-corrected chi connectivity index (χ2v) is 17.8. The van der Waals surface area contributed by atoms with Crippen LogP contribution in [0.25, 0.3) is 0 Å². The minimum absolute atomic E-state index is 0.00357. The van der Waals surface area contributed by atoms with Crippen molar-refractivity contribution in [2.45, 2.75) is 151 Å². The molecule has 302 valence electrons. The molecule has 0 spiro atoms. The van der Waals surface area contributed by atoms with Crippen LogP contribution in [0, 0.1) is 0 Å². The topological polar surface area (TPSA) is 179 Å². The van der Waals surface area contributed by atoms with Gasteiger partial charge in [-0.05, 0) is 110 Å². The summed E-state index contributed by atoms with van der Waals surface area (Å²) >= 11 is 0. The fourth-order valence-corrected chi connectivity index (χ4v) is 4.73. The molecule has 0 bridgehead atoms. The van der Waals surface area contributed by atoms with Gasteiger partial charge in [0.1, 0.15) is 34.0 Å². The highest BCUT2D eigenvalue weighted by molar-refractivity contribution is 5.77. The van der Waals surface area contributed by atoms with Crippen LogP contribution in [-0.2, 0) is 52.5 Å². The van der Waals surface area contributed by atoms with Crippen LogP contribution < -0.4 is 0 Å². The molecule has 0 aromatic carbocycles. The number of carbonyl (C=O) groups is 6. The standard InChI is InChI=1S/C37H67N3O12/c1-33(2,3)48-27(41)17-16-26(32(46)47)40(20-18-38(22-28(42)49-34(4,5)6)23-29(43)50-35(7,8)9)21-19-39(24-30(44)51-36(10,11)12)25-31(45)52-37(13,14)15/h26H,16-25H2,1-15H3,(H,46,47)/t26-/m0/s1. The van der Waals surface area contributed by atoms with Gasteiger partial charge in [0.2, 0.25) is 0 Å². The summed E-state index contributed by atoms with van der Waals surface area (Å²) in [6, 6.07) is -1.22. The van der Waals surface area contributed by atoms with E-state index in [-0.39, 0.29) is 65.2 Å². The molecular formula is C37H67N3O12. The monoisotopic (exact) mass is 745 g/mol. The molecule has 0 amide bonds. The number of aliphatic carboxylic acids is 1. The number of carboxylic acid groups (broad SMARTS) is 1. The molecule has 15 nitrogen and oxygen atoms in total. The zero-order valence-electron chi connectivity index (χ0n) is 34.4. The van der Waals surface area contributed by atoms with Crippen LogP contribution in [0.15, 0.2) is 0 Å². The van der Waals surface area contributed by atoms with Crippen molar-refractivity contribution in [3.8, 4) is 0 Å². The Hall–Kier alpha value is -3.30. The molecule has 0 aliphatic carbocycles. The normalized spacial score (nSPS) is 13.5. The van der Waals surface area contributed by atoms with E-state index in [4.69, 9.17) is 23.7 Å². The molecule has 0 aromatic heterocycles. The zero-order chi connectivity index (χ0) is 40.9. The van der Waals surface area contributed by atoms with Gasteiger partial charge in [0.15, 0.2) is 0 Å². The molecule has 1 N–H and O–H groups in total. The van der Waals surface area contributed by atoms with Gasteiger partial charge in [0.05, 0.1) is 26.2 Å². The highest BCUT2D eigenvalue weighted by atomic mass is 16.6. The van der Waals surface area contributed by atoms with Crippen LogP contribution in [0.1, 0.15) is 117 Å². The van der Waals surface area contributed by atoms with E-state index in [1.165, 1.54) is 9.80 Å². The van der Waals surface area contributed by atoms with Gasteiger partial charge in [-0.3, -0.25) is 43.5 Å².